The Bertz CT molecular complexity index is 355. The summed E-state index contributed by atoms with van der Waals surface area (Å²) in [5, 5.41) is 3.51. The number of nitrogens with one attached hydrogen (secondary N) is 1. The zero-order chi connectivity index (χ0) is 13.0. The molecule has 2 heterocycles. The summed E-state index contributed by atoms with van der Waals surface area (Å²) in [5.74, 6) is 0.830. The highest BCUT2D eigenvalue weighted by molar-refractivity contribution is 7.12. The second-order valence-electron chi connectivity index (χ2n) is 5.49. The highest BCUT2D eigenvalue weighted by atomic mass is 32.1. The molecule has 1 aromatic heterocycles. The Morgan fingerprint density at radius 1 is 1.50 bits per heavy atom. The van der Waals surface area contributed by atoms with Crippen molar-refractivity contribution < 1.29 is 0 Å². The van der Waals surface area contributed by atoms with Gasteiger partial charge in [-0.05, 0) is 64.4 Å². The van der Waals surface area contributed by atoms with Gasteiger partial charge in [-0.25, -0.2) is 0 Å². The lowest BCUT2D eigenvalue weighted by Gasteiger charge is -2.31. The highest BCUT2D eigenvalue weighted by Gasteiger charge is 2.19. The Kier molecular flexibility index (Phi) is 5.22. The first-order valence-corrected chi connectivity index (χ1v) is 8.02. The molecule has 1 aromatic rings. The minimum absolute atomic E-state index is 0.553. The van der Waals surface area contributed by atoms with Crippen LogP contribution in [0, 0.1) is 5.92 Å². The van der Waals surface area contributed by atoms with Crippen LogP contribution in [0.5, 0.6) is 0 Å². The number of hydrogen-bond acceptors (Lipinski definition) is 3. The summed E-state index contributed by atoms with van der Waals surface area (Å²) >= 11 is 1.97. The minimum atomic E-state index is 0.553. The molecule has 2 rings (SSSR count). The summed E-state index contributed by atoms with van der Waals surface area (Å²) in [6, 6.07) is 5.15. The van der Waals surface area contributed by atoms with Gasteiger partial charge < -0.3 is 5.32 Å². The van der Waals surface area contributed by atoms with Crippen LogP contribution in [-0.2, 0) is 6.42 Å². The molecule has 2 unspecified atom stereocenters. The van der Waals surface area contributed by atoms with Crippen molar-refractivity contribution in [2.45, 2.75) is 39.2 Å². The van der Waals surface area contributed by atoms with Crippen LogP contribution in [0.4, 0.5) is 0 Å². The van der Waals surface area contributed by atoms with E-state index in [1.54, 1.807) is 0 Å². The predicted octanol–water partition coefficient (Wildman–Crippen LogP) is 3.30. The van der Waals surface area contributed by atoms with Crippen molar-refractivity contribution in [2.24, 2.45) is 5.92 Å². The normalized spacial score (nSPS) is 22.3. The zero-order valence-electron chi connectivity index (χ0n) is 11.9. The van der Waals surface area contributed by atoms with Gasteiger partial charge in [0.1, 0.15) is 0 Å². The molecule has 1 N–H and O–H groups in total. The summed E-state index contributed by atoms with van der Waals surface area (Å²) in [6.45, 7) is 8.19. The topological polar surface area (TPSA) is 15.3 Å². The van der Waals surface area contributed by atoms with Gasteiger partial charge in [0.15, 0.2) is 0 Å². The third-order valence-electron chi connectivity index (χ3n) is 4.05. The molecule has 2 nitrogen and oxygen atoms in total. The quantitative estimate of drug-likeness (QED) is 0.879. The first-order chi connectivity index (χ1) is 8.70. The van der Waals surface area contributed by atoms with E-state index < -0.39 is 0 Å². The Morgan fingerprint density at radius 3 is 2.94 bits per heavy atom. The zero-order valence-corrected chi connectivity index (χ0v) is 12.7. The van der Waals surface area contributed by atoms with Crippen LogP contribution in [0.1, 0.15) is 42.5 Å². The summed E-state index contributed by atoms with van der Waals surface area (Å²) in [4.78, 5) is 5.53. The second kappa shape index (κ2) is 6.69. The van der Waals surface area contributed by atoms with Gasteiger partial charge in [0.25, 0.3) is 0 Å². The van der Waals surface area contributed by atoms with Crippen LogP contribution in [-0.4, -0.2) is 31.6 Å². The SMILES string of the molecule is CCc1ccc(C(C)N(C)CC2CCCNC2)s1. The lowest BCUT2D eigenvalue weighted by Crippen LogP contribution is -2.37. The van der Waals surface area contributed by atoms with Gasteiger partial charge in [-0.2, -0.15) is 0 Å². The van der Waals surface area contributed by atoms with Crippen LogP contribution in [0.15, 0.2) is 12.1 Å². The summed E-state index contributed by atoms with van der Waals surface area (Å²) in [6.07, 6.45) is 3.88. The number of aryl methyl sites for hydroxylation is 1. The highest BCUT2D eigenvalue weighted by Crippen LogP contribution is 2.28. The molecule has 0 radical (unpaired) electrons. The third-order valence-corrected chi connectivity index (χ3v) is 5.45. The molecule has 0 saturated carbocycles. The monoisotopic (exact) mass is 266 g/mol. The lowest BCUT2D eigenvalue weighted by molar-refractivity contribution is 0.201. The van der Waals surface area contributed by atoms with E-state index >= 15 is 0 Å². The molecular formula is C15H26N2S. The smallest absolute Gasteiger partial charge is 0.0410 e. The number of hydrogen-bond donors (Lipinski definition) is 1. The van der Waals surface area contributed by atoms with Gasteiger partial charge in [-0.15, -0.1) is 11.3 Å². The molecule has 18 heavy (non-hydrogen) atoms. The molecule has 0 amide bonds. The van der Waals surface area contributed by atoms with Crippen molar-refractivity contribution in [2.75, 3.05) is 26.7 Å². The van der Waals surface area contributed by atoms with E-state index in [2.05, 4.69) is 43.2 Å². The van der Waals surface area contributed by atoms with Crippen LogP contribution in [0.3, 0.4) is 0 Å². The first-order valence-electron chi connectivity index (χ1n) is 7.20. The van der Waals surface area contributed by atoms with E-state index in [4.69, 9.17) is 0 Å². The fourth-order valence-corrected chi connectivity index (χ4v) is 3.74. The first kappa shape index (κ1) is 14.0. The molecule has 1 aliphatic rings. The maximum absolute atomic E-state index is 3.51. The molecule has 0 bridgehead atoms. The number of thiophene rings is 1. The van der Waals surface area contributed by atoms with E-state index in [0.29, 0.717) is 6.04 Å². The van der Waals surface area contributed by atoms with Crippen molar-refractivity contribution in [1.29, 1.82) is 0 Å². The van der Waals surface area contributed by atoms with Crippen molar-refractivity contribution in [1.82, 2.24) is 10.2 Å². The number of rotatable bonds is 5. The average molecular weight is 266 g/mol. The Balaban J connectivity index is 1.88. The van der Waals surface area contributed by atoms with E-state index in [-0.39, 0.29) is 0 Å². The van der Waals surface area contributed by atoms with E-state index in [1.165, 1.54) is 42.2 Å². The molecule has 102 valence electrons. The molecule has 0 spiro atoms. The maximum Gasteiger partial charge on any atom is 0.0410 e. The average Bonchev–Trinajstić information content (AvgIpc) is 2.87. The van der Waals surface area contributed by atoms with Crippen LogP contribution < -0.4 is 5.32 Å². The van der Waals surface area contributed by atoms with E-state index in [1.807, 2.05) is 11.3 Å². The molecule has 2 atom stereocenters. The lowest BCUT2D eigenvalue weighted by atomic mass is 9.98. The van der Waals surface area contributed by atoms with Crippen molar-refractivity contribution in [3.63, 3.8) is 0 Å². The maximum atomic E-state index is 3.51. The molecule has 3 heteroatoms. The van der Waals surface area contributed by atoms with Gasteiger partial charge in [0.2, 0.25) is 0 Å². The Morgan fingerprint density at radius 2 is 2.33 bits per heavy atom. The van der Waals surface area contributed by atoms with E-state index in [9.17, 15) is 0 Å². The molecule has 0 aromatic carbocycles. The summed E-state index contributed by atoms with van der Waals surface area (Å²) in [7, 11) is 2.27. The fourth-order valence-electron chi connectivity index (χ4n) is 2.67. The van der Waals surface area contributed by atoms with Gasteiger partial charge in [0.05, 0.1) is 0 Å². The van der Waals surface area contributed by atoms with Crippen molar-refractivity contribution in [3.8, 4) is 0 Å². The van der Waals surface area contributed by atoms with Crippen molar-refractivity contribution >= 4 is 11.3 Å². The van der Waals surface area contributed by atoms with Gasteiger partial charge in [-0.3, -0.25) is 4.90 Å². The van der Waals surface area contributed by atoms with Gasteiger partial charge in [-0.1, -0.05) is 6.92 Å². The number of piperidine rings is 1. The molecular weight excluding hydrogens is 240 g/mol. The fraction of sp³-hybridized carbons (Fsp3) is 0.733. The molecule has 1 aliphatic heterocycles. The minimum Gasteiger partial charge on any atom is -0.316 e. The van der Waals surface area contributed by atoms with Crippen LogP contribution >= 0.6 is 11.3 Å². The molecule has 0 aliphatic carbocycles. The largest absolute Gasteiger partial charge is 0.316 e. The summed E-state index contributed by atoms with van der Waals surface area (Å²) in [5.41, 5.74) is 0. The van der Waals surface area contributed by atoms with Crippen molar-refractivity contribution in [3.05, 3.63) is 21.9 Å². The Hall–Kier alpha value is -0.380. The standard InChI is InChI=1S/C15H26N2S/c1-4-14-7-8-15(18-14)12(2)17(3)11-13-6-5-9-16-10-13/h7-8,12-13,16H,4-6,9-11H2,1-3H3. The van der Waals surface area contributed by atoms with Crippen LogP contribution in [0.25, 0.3) is 0 Å². The molecule has 1 saturated heterocycles. The third kappa shape index (κ3) is 3.56. The van der Waals surface area contributed by atoms with E-state index in [0.717, 1.165) is 12.3 Å². The van der Waals surface area contributed by atoms with Gasteiger partial charge in [0, 0.05) is 22.3 Å². The second-order valence-corrected chi connectivity index (χ2v) is 6.69. The summed E-state index contributed by atoms with van der Waals surface area (Å²) < 4.78 is 0. The predicted molar refractivity (Wildman–Crippen MR) is 80.3 cm³/mol. The number of nitrogens with zero attached hydrogens (tertiary/aromatic N) is 1. The Labute approximate surface area is 115 Å². The van der Waals surface area contributed by atoms with Crippen LogP contribution in [0.2, 0.25) is 0 Å². The molecule has 1 fully saturated rings. The van der Waals surface area contributed by atoms with Gasteiger partial charge >= 0.3 is 0 Å².